The highest BCUT2D eigenvalue weighted by Gasteiger charge is 2.08. The molecule has 1 heterocycles. The van der Waals surface area contributed by atoms with Crippen molar-refractivity contribution in [2.45, 2.75) is 6.54 Å². The van der Waals surface area contributed by atoms with Crippen LogP contribution in [0, 0.1) is 11.6 Å². The number of hydrogen-bond acceptors (Lipinski definition) is 3. The van der Waals surface area contributed by atoms with E-state index in [0.717, 1.165) is 6.07 Å². The van der Waals surface area contributed by atoms with E-state index in [-0.39, 0.29) is 17.9 Å². The molecule has 0 bridgehead atoms. The van der Waals surface area contributed by atoms with Crippen LogP contribution in [0.1, 0.15) is 5.56 Å². The Morgan fingerprint density at radius 1 is 1.33 bits per heavy atom. The van der Waals surface area contributed by atoms with Crippen LogP contribution >= 0.6 is 0 Å². The van der Waals surface area contributed by atoms with Gasteiger partial charge in [0.05, 0.1) is 12.7 Å². The van der Waals surface area contributed by atoms with Crippen LogP contribution in [0.2, 0.25) is 0 Å². The Hall–Kier alpha value is -1.98. The first-order valence-corrected chi connectivity index (χ1v) is 4.25. The number of aromatic nitrogens is 3. The number of benzene rings is 1. The zero-order valence-corrected chi connectivity index (χ0v) is 7.69. The van der Waals surface area contributed by atoms with Crippen molar-refractivity contribution in [2.24, 2.45) is 0 Å². The smallest absolute Gasteiger partial charge is 0.165 e. The number of anilines is 1. The van der Waals surface area contributed by atoms with Gasteiger partial charge in [0.1, 0.15) is 0 Å². The fourth-order valence-corrected chi connectivity index (χ4v) is 1.24. The molecule has 78 valence electrons. The van der Waals surface area contributed by atoms with Crippen LogP contribution in [0.4, 0.5) is 14.6 Å². The summed E-state index contributed by atoms with van der Waals surface area (Å²) in [5, 5.41) is 7.17. The van der Waals surface area contributed by atoms with Gasteiger partial charge in [-0.1, -0.05) is 17.3 Å². The largest absolute Gasteiger partial charge is 0.381 e. The minimum Gasteiger partial charge on any atom is -0.381 e. The zero-order valence-electron chi connectivity index (χ0n) is 7.69. The molecule has 0 saturated heterocycles. The fraction of sp³-hybridized carbons (Fsp3) is 0.111. The molecule has 0 fully saturated rings. The van der Waals surface area contributed by atoms with E-state index >= 15 is 0 Å². The molecule has 6 heteroatoms. The Morgan fingerprint density at radius 3 is 2.80 bits per heavy atom. The van der Waals surface area contributed by atoms with Gasteiger partial charge in [-0.05, 0) is 6.07 Å². The Labute approximate surface area is 84.3 Å². The van der Waals surface area contributed by atoms with Crippen molar-refractivity contribution in [3.05, 3.63) is 41.6 Å². The number of nitrogens with two attached hydrogens (primary N) is 1. The average Bonchev–Trinajstić information content (AvgIpc) is 2.59. The van der Waals surface area contributed by atoms with Gasteiger partial charge in [0, 0.05) is 5.56 Å². The summed E-state index contributed by atoms with van der Waals surface area (Å²) in [7, 11) is 0. The standard InChI is InChI=1S/C9H8F2N4/c10-7-3-1-2-6(9(7)11)4-15-5-8(12)13-14-15/h1-3,5H,4,12H2. The summed E-state index contributed by atoms with van der Waals surface area (Å²) in [5.41, 5.74) is 5.55. The third-order valence-corrected chi connectivity index (χ3v) is 1.92. The van der Waals surface area contributed by atoms with Crippen LogP contribution in [0.5, 0.6) is 0 Å². The van der Waals surface area contributed by atoms with Crippen molar-refractivity contribution in [1.82, 2.24) is 15.0 Å². The van der Waals surface area contributed by atoms with Crippen molar-refractivity contribution >= 4 is 5.82 Å². The Morgan fingerprint density at radius 2 is 2.13 bits per heavy atom. The highest BCUT2D eigenvalue weighted by molar-refractivity contribution is 5.22. The molecule has 2 rings (SSSR count). The van der Waals surface area contributed by atoms with E-state index in [1.54, 1.807) is 0 Å². The summed E-state index contributed by atoms with van der Waals surface area (Å²) in [6.07, 6.45) is 1.45. The summed E-state index contributed by atoms with van der Waals surface area (Å²) < 4.78 is 27.4. The molecule has 0 aliphatic rings. The molecule has 0 amide bonds. The first kappa shape index (κ1) is 9.57. The molecule has 4 nitrogen and oxygen atoms in total. The molecule has 0 aliphatic carbocycles. The quantitative estimate of drug-likeness (QED) is 0.809. The normalized spacial score (nSPS) is 10.5. The van der Waals surface area contributed by atoms with Gasteiger partial charge in [-0.2, -0.15) is 0 Å². The highest BCUT2D eigenvalue weighted by atomic mass is 19.2. The summed E-state index contributed by atoms with van der Waals surface area (Å²) in [6, 6.07) is 3.98. The molecule has 0 unspecified atom stereocenters. The van der Waals surface area contributed by atoms with Gasteiger partial charge in [0.2, 0.25) is 0 Å². The second-order valence-corrected chi connectivity index (χ2v) is 3.05. The van der Waals surface area contributed by atoms with E-state index in [1.165, 1.54) is 23.0 Å². The van der Waals surface area contributed by atoms with Crippen molar-refractivity contribution in [3.8, 4) is 0 Å². The summed E-state index contributed by atoms with van der Waals surface area (Å²) >= 11 is 0. The van der Waals surface area contributed by atoms with Crippen LogP contribution in [-0.2, 0) is 6.54 Å². The zero-order chi connectivity index (χ0) is 10.8. The first-order valence-electron chi connectivity index (χ1n) is 4.25. The number of nitrogen functional groups attached to an aromatic ring is 1. The van der Waals surface area contributed by atoms with Crippen molar-refractivity contribution in [3.63, 3.8) is 0 Å². The molecule has 0 atom stereocenters. The molecule has 1 aromatic heterocycles. The molecule has 2 N–H and O–H groups in total. The molecule has 2 aromatic rings. The van der Waals surface area contributed by atoms with E-state index in [4.69, 9.17) is 5.73 Å². The molecule has 15 heavy (non-hydrogen) atoms. The molecule has 1 aromatic carbocycles. The average molecular weight is 210 g/mol. The van der Waals surface area contributed by atoms with Gasteiger partial charge in [-0.15, -0.1) is 5.10 Å². The highest BCUT2D eigenvalue weighted by Crippen LogP contribution is 2.12. The second kappa shape index (κ2) is 3.64. The number of hydrogen-bond donors (Lipinski definition) is 1. The maximum Gasteiger partial charge on any atom is 0.165 e. The predicted octanol–water partition coefficient (Wildman–Crippen LogP) is 1.19. The topological polar surface area (TPSA) is 56.7 Å². The van der Waals surface area contributed by atoms with Crippen LogP contribution in [0.3, 0.4) is 0 Å². The van der Waals surface area contributed by atoms with E-state index in [0.29, 0.717) is 0 Å². The van der Waals surface area contributed by atoms with Crippen LogP contribution in [0.15, 0.2) is 24.4 Å². The molecule has 0 aliphatic heterocycles. The second-order valence-electron chi connectivity index (χ2n) is 3.05. The predicted molar refractivity (Wildman–Crippen MR) is 49.9 cm³/mol. The molecule has 0 radical (unpaired) electrons. The summed E-state index contributed by atoms with van der Waals surface area (Å²) in [6.45, 7) is 0.105. The van der Waals surface area contributed by atoms with Crippen LogP contribution in [-0.4, -0.2) is 15.0 Å². The Balaban J connectivity index is 2.28. The molecular formula is C9H8F2N4. The lowest BCUT2D eigenvalue weighted by atomic mass is 10.2. The lowest BCUT2D eigenvalue weighted by molar-refractivity contribution is 0.490. The third-order valence-electron chi connectivity index (χ3n) is 1.92. The van der Waals surface area contributed by atoms with Gasteiger partial charge < -0.3 is 5.73 Å². The van der Waals surface area contributed by atoms with Gasteiger partial charge in [0.15, 0.2) is 17.5 Å². The summed E-state index contributed by atoms with van der Waals surface area (Å²) in [4.78, 5) is 0. The number of halogens is 2. The van der Waals surface area contributed by atoms with E-state index in [1.807, 2.05) is 0 Å². The SMILES string of the molecule is Nc1cn(Cc2cccc(F)c2F)nn1. The molecule has 0 spiro atoms. The monoisotopic (exact) mass is 210 g/mol. The van der Waals surface area contributed by atoms with Gasteiger partial charge in [-0.3, -0.25) is 0 Å². The van der Waals surface area contributed by atoms with E-state index in [2.05, 4.69) is 10.3 Å². The lowest BCUT2D eigenvalue weighted by Crippen LogP contribution is -2.04. The Kier molecular flexibility index (Phi) is 2.32. The maximum atomic E-state index is 13.2. The minimum absolute atomic E-state index is 0.105. The van der Waals surface area contributed by atoms with Crippen molar-refractivity contribution in [1.29, 1.82) is 0 Å². The van der Waals surface area contributed by atoms with Crippen LogP contribution in [0.25, 0.3) is 0 Å². The van der Waals surface area contributed by atoms with Gasteiger partial charge >= 0.3 is 0 Å². The molecule has 0 saturated carbocycles. The number of nitrogens with zero attached hydrogens (tertiary/aromatic N) is 3. The van der Waals surface area contributed by atoms with Crippen molar-refractivity contribution < 1.29 is 8.78 Å². The lowest BCUT2D eigenvalue weighted by Gasteiger charge is -2.02. The van der Waals surface area contributed by atoms with E-state index < -0.39 is 11.6 Å². The van der Waals surface area contributed by atoms with E-state index in [9.17, 15) is 8.78 Å². The van der Waals surface area contributed by atoms with Crippen LogP contribution < -0.4 is 5.73 Å². The van der Waals surface area contributed by atoms with Crippen molar-refractivity contribution in [2.75, 3.05) is 5.73 Å². The minimum atomic E-state index is -0.874. The Bertz CT molecular complexity index is 481. The summed E-state index contributed by atoms with van der Waals surface area (Å²) in [5.74, 6) is -1.50. The fourth-order valence-electron chi connectivity index (χ4n) is 1.24. The van der Waals surface area contributed by atoms with Gasteiger partial charge in [-0.25, -0.2) is 13.5 Å². The third kappa shape index (κ3) is 1.93. The van der Waals surface area contributed by atoms with Gasteiger partial charge in [0.25, 0.3) is 0 Å². The number of rotatable bonds is 2. The maximum absolute atomic E-state index is 13.2. The first-order chi connectivity index (χ1) is 7.16. The molecular weight excluding hydrogens is 202 g/mol.